The van der Waals surface area contributed by atoms with Crippen LogP contribution in [0.2, 0.25) is 0 Å². The standard InChI is InChI=1S/C18H39N3O9S6/c22-34(23,31)28-13-7-1-4-10-19-16-20(11-5-2-8-14-29-35(24,25)32)18-21(17-19)12-6-3-9-15-30-36(26,27)33/h1-18H2,(H,22,23,31)(H,24,25,32)(H,26,27,33). The molecule has 3 unspecified atom stereocenters. The van der Waals surface area contributed by atoms with E-state index in [4.69, 9.17) is 26.2 Å². The molecule has 3 atom stereocenters. The smallest absolute Gasteiger partial charge is 0.266 e. The van der Waals surface area contributed by atoms with E-state index in [0.29, 0.717) is 19.3 Å². The highest BCUT2D eigenvalue weighted by molar-refractivity contribution is 8.27. The van der Waals surface area contributed by atoms with E-state index in [1.165, 1.54) is 0 Å². The lowest BCUT2D eigenvalue weighted by Gasteiger charge is -2.42. The highest BCUT2D eigenvalue weighted by Gasteiger charge is 2.22. The Balaban J connectivity index is 2.40. The maximum Gasteiger partial charge on any atom is 0.266 e. The fourth-order valence-electron chi connectivity index (χ4n) is 3.74. The Bertz CT molecular complexity index is 794. The molecule has 1 aliphatic heterocycles. The van der Waals surface area contributed by atoms with E-state index in [2.05, 4.69) is 48.3 Å². The van der Waals surface area contributed by atoms with Crippen molar-refractivity contribution in [2.75, 3.05) is 59.5 Å². The van der Waals surface area contributed by atoms with Gasteiger partial charge in [-0.25, -0.2) is 0 Å². The van der Waals surface area contributed by atoms with Gasteiger partial charge in [0.25, 0.3) is 27.2 Å². The minimum atomic E-state index is -3.56. The third-order valence-electron chi connectivity index (χ3n) is 5.25. The minimum Gasteiger partial charge on any atom is -0.285 e. The number of hydrogen-bond donors (Lipinski definition) is 3. The van der Waals surface area contributed by atoms with Gasteiger partial charge in [-0.05, 0) is 57.8 Å². The highest BCUT2D eigenvalue weighted by Crippen LogP contribution is 2.13. The monoisotopic (exact) mass is 633 g/mol. The topological polar surface area (TPSA) is 149 Å². The van der Waals surface area contributed by atoms with Crippen molar-refractivity contribution in [3.8, 4) is 0 Å². The lowest BCUT2D eigenvalue weighted by atomic mass is 10.2. The van der Waals surface area contributed by atoms with Crippen LogP contribution in [0.15, 0.2) is 0 Å². The fourth-order valence-corrected chi connectivity index (χ4v) is 5.34. The summed E-state index contributed by atoms with van der Waals surface area (Å²) in [5.41, 5.74) is 0. The van der Waals surface area contributed by atoms with Gasteiger partial charge in [0.15, 0.2) is 0 Å². The number of rotatable bonds is 21. The average Bonchev–Trinajstić information content (AvgIpc) is 2.73. The fraction of sp³-hybridized carbons (Fsp3) is 1.00. The first kappa shape index (κ1) is 34.8. The van der Waals surface area contributed by atoms with E-state index >= 15 is 0 Å². The van der Waals surface area contributed by atoms with Crippen LogP contribution < -0.4 is 0 Å². The van der Waals surface area contributed by atoms with E-state index in [0.717, 1.165) is 78.2 Å². The zero-order valence-electron chi connectivity index (χ0n) is 20.3. The quantitative estimate of drug-likeness (QED) is 0.157. The molecule has 0 saturated carbocycles. The largest absolute Gasteiger partial charge is 0.285 e. The maximum absolute atomic E-state index is 11.0. The maximum atomic E-state index is 11.0. The Hall–Kier alpha value is 0.750. The van der Waals surface area contributed by atoms with Gasteiger partial charge in [0.1, 0.15) is 0 Å². The van der Waals surface area contributed by atoms with Gasteiger partial charge < -0.3 is 0 Å². The summed E-state index contributed by atoms with van der Waals surface area (Å²) in [4.78, 5) is 7.07. The predicted octanol–water partition coefficient (Wildman–Crippen LogP) is 1.74. The van der Waals surface area contributed by atoms with Crippen LogP contribution in [0.5, 0.6) is 0 Å². The van der Waals surface area contributed by atoms with E-state index in [1.807, 2.05) is 0 Å². The average molecular weight is 634 g/mol. The van der Waals surface area contributed by atoms with Crippen LogP contribution in [0.25, 0.3) is 0 Å². The van der Waals surface area contributed by atoms with Gasteiger partial charge in [-0.15, -0.1) is 0 Å². The molecule has 0 aromatic heterocycles. The SMILES string of the molecule is O=S(O)(=S)OCCCCCN1CN(CCCCCOS(=O)(O)=S)CN(CCCCCOS(=O)(O)=S)C1. The van der Waals surface area contributed by atoms with Crippen LogP contribution in [-0.4, -0.2) is 100 Å². The van der Waals surface area contributed by atoms with Gasteiger partial charge in [0.2, 0.25) is 0 Å². The van der Waals surface area contributed by atoms with Crippen molar-refractivity contribution in [3.63, 3.8) is 0 Å². The van der Waals surface area contributed by atoms with E-state index in [-0.39, 0.29) is 19.8 Å². The molecule has 0 bridgehead atoms. The molecule has 0 aliphatic carbocycles. The van der Waals surface area contributed by atoms with Crippen molar-refractivity contribution in [2.45, 2.75) is 57.8 Å². The predicted molar refractivity (Wildman–Crippen MR) is 149 cm³/mol. The van der Waals surface area contributed by atoms with Crippen LogP contribution >= 0.6 is 0 Å². The Morgan fingerprint density at radius 2 is 0.750 bits per heavy atom. The first-order valence-corrected chi connectivity index (χ1v) is 18.9. The normalized spacial score (nSPS) is 21.1. The van der Waals surface area contributed by atoms with E-state index in [9.17, 15) is 12.6 Å². The third kappa shape index (κ3) is 21.7. The summed E-state index contributed by atoms with van der Waals surface area (Å²) in [5.74, 6) is 0. The first-order valence-electron chi connectivity index (χ1n) is 11.8. The lowest BCUT2D eigenvalue weighted by Crippen LogP contribution is -2.55. The summed E-state index contributed by atoms with van der Waals surface area (Å²) in [6.07, 6.45) is 7.32. The molecule has 1 aliphatic rings. The van der Waals surface area contributed by atoms with Gasteiger partial charge in [0, 0.05) is 53.2 Å². The lowest BCUT2D eigenvalue weighted by molar-refractivity contribution is -0.0313. The molecule has 12 nitrogen and oxygen atoms in total. The zero-order chi connectivity index (χ0) is 27.1. The molecule has 36 heavy (non-hydrogen) atoms. The summed E-state index contributed by atoms with van der Waals surface area (Å²) in [6, 6.07) is 0. The van der Waals surface area contributed by atoms with Crippen LogP contribution in [0.3, 0.4) is 0 Å². The summed E-state index contributed by atoms with van der Waals surface area (Å²) in [5, 5.41) is 0. The second-order valence-electron chi connectivity index (χ2n) is 8.54. The Morgan fingerprint density at radius 3 is 0.972 bits per heavy atom. The van der Waals surface area contributed by atoms with Gasteiger partial charge in [-0.3, -0.25) is 40.9 Å². The molecule has 18 heteroatoms. The van der Waals surface area contributed by atoms with E-state index < -0.39 is 27.2 Å². The molecule has 1 rings (SSSR count). The molecule has 0 amide bonds. The summed E-state index contributed by atoms with van der Waals surface area (Å²) in [7, 11) is -10.7. The molecule has 1 heterocycles. The van der Waals surface area contributed by atoms with Crippen molar-refractivity contribution in [1.82, 2.24) is 14.7 Å². The Morgan fingerprint density at radius 1 is 0.500 bits per heavy atom. The molecule has 0 radical (unpaired) electrons. The van der Waals surface area contributed by atoms with Gasteiger partial charge >= 0.3 is 0 Å². The summed E-state index contributed by atoms with van der Waals surface area (Å²) >= 11 is 12.9. The first-order chi connectivity index (χ1) is 16.7. The molecule has 1 saturated heterocycles. The van der Waals surface area contributed by atoms with Crippen molar-refractivity contribution in [1.29, 1.82) is 0 Å². The molecular formula is C18H39N3O9S6. The third-order valence-corrected chi connectivity index (χ3v) is 7.51. The Kier molecular flexibility index (Phi) is 17.5. The second kappa shape index (κ2) is 18.2. The van der Waals surface area contributed by atoms with Crippen LogP contribution in [0.4, 0.5) is 0 Å². The molecule has 0 spiro atoms. The van der Waals surface area contributed by atoms with Gasteiger partial charge in [0.05, 0.1) is 39.8 Å². The molecule has 3 N–H and O–H groups in total. The zero-order valence-corrected chi connectivity index (χ0v) is 25.2. The molecule has 0 aromatic rings. The van der Waals surface area contributed by atoms with Gasteiger partial charge in [-0.2, -0.15) is 12.6 Å². The van der Waals surface area contributed by atoms with Crippen LogP contribution in [0.1, 0.15) is 57.8 Å². The van der Waals surface area contributed by atoms with Crippen molar-refractivity contribution in [3.05, 3.63) is 0 Å². The van der Waals surface area contributed by atoms with Crippen molar-refractivity contribution < 1.29 is 38.8 Å². The highest BCUT2D eigenvalue weighted by atomic mass is 32.9. The minimum absolute atomic E-state index is 0.165. The Labute approximate surface area is 230 Å². The van der Waals surface area contributed by atoms with Crippen molar-refractivity contribution in [2.24, 2.45) is 0 Å². The van der Waals surface area contributed by atoms with Crippen LogP contribution in [0, 0.1) is 0 Å². The number of nitrogens with zero attached hydrogens (tertiary/aromatic N) is 3. The molecule has 1 fully saturated rings. The molecule has 216 valence electrons. The summed E-state index contributed by atoms with van der Waals surface area (Å²) in [6.45, 7) is 5.61. The summed E-state index contributed by atoms with van der Waals surface area (Å²) < 4.78 is 74.0. The van der Waals surface area contributed by atoms with Crippen molar-refractivity contribution >= 4 is 60.7 Å². The van der Waals surface area contributed by atoms with Crippen LogP contribution in [-0.2, 0) is 73.3 Å². The molecular weight excluding hydrogens is 595 g/mol. The molecule has 0 aromatic carbocycles. The second-order valence-corrected chi connectivity index (χ2v) is 15.6. The van der Waals surface area contributed by atoms with E-state index in [1.54, 1.807) is 0 Å². The number of hydrogen-bond acceptors (Lipinski definition) is 12. The number of unbranched alkanes of at least 4 members (excludes halogenated alkanes) is 6. The van der Waals surface area contributed by atoms with Gasteiger partial charge in [-0.1, -0.05) is 0 Å².